The van der Waals surface area contributed by atoms with Crippen LogP contribution in [0.3, 0.4) is 0 Å². The molecule has 0 bridgehead atoms. The summed E-state index contributed by atoms with van der Waals surface area (Å²) in [5.41, 5.74) is -6.14. The molecule has 0 saturated heterocycles. The van der Waals surface area contributed by atoms with Gasteiger partial charge in [-0.3, -0.25) is 9.48 Å². The van der Waals surface area contributed by atoms with Gasteiger partial charge in [0.05, 0.1) is 43.4 Å². The number of alkyl halides is 3. The first kappa shape index (κ1) is 34.8. The fourth-order valence-corrected chi connectivity index (χ4v) is 4.45. The number of benzene rings is 1. The van der Waals surface area contributed by atoms with E-state index in [1.54, 1.807) is 7.11 Å². The highest BCUT2D eigenvalue weighted by molar-refractivity contribution is 7.88. The molecule has 1 aliphatic rings. The molecule has 0 N–H and O–H groups in total. The van der Waals surface area contributed by atoms with E-state index in [1.165, 1.54) is 21.9 Å². The Morgan fingerprint density at radius 3 is 2.53 bits per heavy atom. The molecule has 45 heavy (non-hydrogen) atoms. The Hall–Kier alpha value is -4.64. The molecule has 4 rings (SSSR count). The SMILES string of the molecule is C=CC(=O)N1CCn2nc(-c3nc(OS(=O)(=O)C(F)(F)F)c4c(F)cccc4c3C=C(F)/C=C/F)cc2C1.C=COCCOC. The molecule has 0 radical (unpaired) electrons. The lowest BCUT2D eigenvalue weighted by Gasteiger charge is -2.26. The number of pyridine rings is 1. The van der Waals surface area contributed by atoms with Gasteiger partial charge in [-0.05, 0) is 29.7 Å². The standard InChI is InChI=1S/C23H16F6N4O4S.C5H10O2/c1-2-19(34)32-8-9-33-14(12-32)11-18(31-33)21-16(10-13(25)6-7-24)15-4-3-5-17(26)20(15)22(30-21)37-38(35,36)23(27,28)29;1-3-7-5-4-6-2/h2-7,10-11H,1,8-9,12H2;3H,1,4-5H2,2H3/b7-6+,13-10?;. The van der Waals surface area contributed by atoms with Crippen LogP contribution in [0.4, 0.5) is 26.3 Å². The molecule has 1 amide bonds. The number of carbonyl (C=O) groups excluding carboxylic acids is 1. The molecule has 10 nitrogen and oxygen atoms in total. The Balaban J connectivity index is 0.000000707. The number of nitrogens with zero attached hydrogens (tertiary/aromatic N) is 4. The molecule has 1 aliphatic heterocycles. The van der Waals surface area contributed by atoms with E-state index in [0.717, 1.165) is 30.4 Å². The lowest BCUT2D eigenvalue weighted by Crippen LogP contribution is -2.37. The molecular formula is C28H26F6N4O6S. The van der Waals surface area contributed by atoms with Crippen LogP contribution in [0.2, 0.25) is 0 Å². The molecule has 0 saturated carbocycles. The van der Waals surface area contributed by atoms with Crippen LogP contribution in [0, 0.1) is 5.82 Å². The predicted octanol–water partition coefficient (Wildman–Crippen LogP) is 5.58. The topological polar surface area (TPSA) is 113 Å². The van der Waals surface area contributed by atoms with Crippen molar-refractivity contribution < 1.29 is 53.2 Å². The zero-order chi connectivity index (χ0) is 33.4. The highest BCUT2D eigenvalue weighted by Crippen LogP contribution is 2.39. The number of methoxy groups -OCH3 is 1. The first-order valence-electron chi connectivity index (χ1n) is 12.7. The number of allylic oxidation sites excluding steroid dienone is 2. The van der Waals surface area contributed by atoms with E-state index in [1.807, 2.05) is 0 Å². The largest absolute Gasteiger partial charge is 0.534 e. The smallest absolute Gasteiger partial charge is 0.499 e. The van der Waals surface area contributed by atoms with Gasteiger partial charge in [0.25, 0.3) is 0 Å². The minimum Gasteiger partial charge on any atom is -0.499 e. The summed E-state index contributed by atoms with van der Waals surface area (Å²) < 4.78 is 120. The van der Waals surface area contributed by atoms with Crippen molar-refractivity contribution in [2.75, 3.05) is 26.9 Å². The normalized spacial score (nSPS) is 13.7. The van der Waals surface area contributed by atoms with E-state index in [0.29, 0.717) is 25.0 Å². The molecule has 0 unspecified atom stereocenters. The van der Waals surface area contributed by atoms with Gasteiger partial charge in [0.2, 0.25) is 11.8 Å². The second-order valence-electron chi connectivity index (χ2n) is 8.88. The third-order valence-corrected chi connectivity index (χ3v) is 6.96. The number of aromatic nitrogens is 3. The van der Waals surface area contributed by atoms with E-state index in [2.05, 4.69) is 32.2 Å². The molecular weight excluding hydrogens is 634 g/mol. The number of ether oxygens (including phenoxy) is 2. The highest BCUT2D eigenvalue weighted by atomic mass is 32.2. The number of rotatable bonds is 10. The predicted molar refractivity (Wildman–Crippen MR) is 151 cm³/mol. The number of hydrogen-bond donors (Lipinski definition) is 0. The van der Waals surface area contributed by atoms with Gasteiger partial charge in [-0.1, -0.05) is 25.3 Å². The van der Waals surface area contributed by atoms with E-state index < -0.39 is 38.5 Å². The molecule has 2 aromatic heterocycles. The van der Waals surface area contributed by atoms with Crippen LogP contribution in [0.1, 0.15) is 11.3 Å². The summed E-state index contributed by atoms with van der Waals surface area (Å²) >= 11 is 0. The summed E-state index contributed by atoms with van der Waals surface area (Å²) in [7, 11) is -4.65. The zero-order valence-corrected chi connectivity index (χ0v) is 24.4. The third kappa shape index (κ3) is 8.30. The highest BCUT2D eigenvalue weighted by Gasteiger charge is 2.49. The Kier molecular flexibility index (Phi) is 11.5. The average Bonchev–Trinajstić information content (AvgIpc) is 3.41. The van der Waals surface area contributed by atoms with Gasteiger partial charge in [0.1, 0.15) is 29.6 Å². The van der Waals surface area contributed by atoms with Crippen molar-refractivity contribution >= 4 is 32.9 Å². The maximum Gasteiger partial charge on any atom is 0.534 e. The molecule has 0 aliphatic carbocycles. The van der Waals surface area contributed by atoms with Crippen LogP contribution in [-0.4, -0.2) is 66.4 Å². The molecule has 17 heteroatoms. The van der Waals surface area contributed by atoms with Crippen LogP contribution in [-0.2, 0) is 37.5 Å². The van der Waals surface area contributed by atoms with Crippen LogP contribution >= 0.6 is 0 Å². The quantitative estimate of drug-likeness (QED) is 0.0527. The van der Waals surface area contributed by atoms with Gasteiger partial charge in [-0.25, -0.2) is 18.2 Å². The molecule has 1 aromatic carbocycles. The summed E-state index contributed by atoms with van der Waals surface area (Å²) in [5.74, 6) is -4.02. The van der Waals surface area contributed by atoms with Crippen LogP contribution in [0.25, 0.3) is 28.2 Å². The van der Waals surface area contributed by atoms with Gasteiger partial charge in [-0.15, -0.1) is 0 Å². The number of amides is 1. The molecule has 0 spiro atoms. The minimum atomic E-state index is -6.28. The number of hydrogen-bond acceptors (Lipinski definition) is 8. The number of halogens is 6. The molecule has 0 atom stereocenters. The number of fused-ring (bicyclic) bond motifs is 2. The van der Waals surface area contributed by atoms with Crippen molar-refractivity contribution in [2.24, 2.45) is 0 Å². The van der Waals surface area contributed by atoms with Crippen molar-refractivity contribution in [1.82, 2.24) is 19.7 Å². The van der Waals surface area contributed by atoms with E-state index in [9.17, 15) is 39.6 Å². The molecule has 3 aromatic rings. The fraction of sp³-hybridized carbons (Fsp3) is 0.250. The van der Waals surface area contributed by atoms with E-state index in [4.69, 9.17) is 4.74 Å². The van der Waals surface area contributed by atoms with E-state index >= 15 is 0 Å². The van der Waals surface area contributed by atoms with Crippen molar-refractivity contribution in [2.45, 2.75) is 18.6 Å². The Morgan fingerprint density at radius 2 is 1.91 bits per heavy atom. The van der Waals surface area contributed by atoms with Crippen molar-refractivity contribution in [3.05, 3.63) is 85.1 Å². The Bertz CT molecular complexity index is 1740. The monoisotopic (exact) mass is 660 g/mol. The van der Waals surface area contributed by atoms with Gasteiger partial charge < -0.3 is 18.6 Å². The van der Waals surface area contributed by atoms with Gasteiger partial charge in [0, 0.05) is 25.3 Å². The summed E-state index contributed by atoms with van der Waals surface area (Å²) in [6.45, 7) is 8.52. The van der Waals surface area contributed by atoms with Crippen LogP contribution in [0.5, 0.6) is 5.88 Å². The van der Waals surface area contributed by atoms with Gasteiger partial charge >= 0.3 is 15.6 Å². The lowest BCUT2D eigenvalue weighted by molar-refractivity contribution is -0.127. The minimum absolute atomic E-state index is 0.0655. The van der Waals surface area contributed by atoms with Gasteiger partial charge in [-0.2, -0.15) is 26.7 Å². The molecule has 242 valence electrons. The maximum atomic E-state index is 14.8. The average molecular weight is 661 g/mol. The van der Waals surface area contributed by atoms with Crippen molar-refractivity contribution in [3.63, 3.8) is 0 Å². The van der Waals surface area contributed by atoms with Crippen molar-refractivity contribution in [1.29, 1.82) is 0 Å². The third-order valence-electron chi connectivity index (χ3n) is 6.01. The molecule has 3 heterocycles. The molecule has 0 fully saturated rings. The summed E-state index contributed by atoms with van der Waals surface area (Å²) in [6.07, 6.45) is 3.55. The first-order chi connectivity index (χ1) is 21.3. The van der Waals surface area contributed by atoms with Crippen LogP contribution in [0.15, 0.2) is 68.0 Å². The second kappa shape index (κ2) is 14.9. The van der Waals surface area contributed by atoms with Gasteiger partial charge in [0.15, 0.2) is 0 Å². The summed E-state index contributed by atoms with van der Waals surface area (Å²) in [5, 5.41) is 3.21. The summed E-state index contributed by atoms with van der Waals surface area (Å²) in [6, 6.07) is 4.50. The summed E-state index contributed by atoms with van der Waals surface area (Å²) in [4.78, 5) is 17.3. The second-order valence-corrected chi connectivity index (χ2v) is 10.4. The Morgan fingerprint density at radius 1 is 1.18 bits per heavy atom. The maximum absolute atomic E-state index is 14.8. The first-order valence-corrected chi connectivity index (χ1v) is 14.2. The van der Waals surface area contributed by atoms with Crippen molar-refractivity contribution in [3.8, 4) is 17.3 Å². The van der Waals surface area contributed by atoms with Crippen LogP contribution < -0.4 is 4.18 Å². The van der Waals surface area contributed by atoms with E-state index in [-0.39, 0.29) is 54.2 Å². The Labute approximate surface area is 253 Å². The number of carbonyl (C=O) groups is 1. The zero-order valence-electron chi connectivity index (χ0n) is 23.6. The lowest BCUT2D eigenvalue weighted by atomic mass is 10.0. The fourth-order valence-electron chi connectivity index (χ4n) is 4.02.